The lowest BCUT2D eigenvalue weighted by Gasteiger charge is -2.14. The molecular formula is C24H20FN3. The van der Waals surface area contributed by atoms with Gasteiger partial charge in [-0.3, -0.25) is 0 Å². The van der Waals surface area contributed by atoms with Crippen LogP contribution in [0.25, 0.3) is 33.6 Å². The molecule has 0 fully saturated rings. The molecule has 0 aliphatic heterocycles. The zero-order valence-electron chi connectivity index (χ0n) is 15.3. The minimum Gasteiger partial charge on any atom is -0.396 e. The maximum absolute atomic E-state index is 13.8. The highest BCUT2D eigenvalue weighted by atomic mass is 19.1. The molecule has 0 aliphatic rings. The lowest BCUT2D eigenvalue weighted by Crippen LogP contribution is -2.00. The van der Waals surface area contributed by atoms with Crippen molar-refractivity contribution in [1.82, 2.24) is 4.98 Å². The second-order valence-corrected chi connectivity index (χ2v) is 6.59. The molecule has 138 valence electrons. The fraction of sp³-hybridized carbons (Fsp3) is 0.0417. The zero-order valence-corrected chi connectivity index (χ0v) is 15.3. The zero-order chi connectivity index (χ0) is 19.5. The van der Waals surface area contributed by atoms with Crippen LogP contribution in [0.3, 0.4) is 0 Å². The van der Waals surface area contributed by atoms with Gasteiger partial charge in [0.2, 0.25) is 0 Å². The first-order valence-electron chi connectivity index (χ1n) is 9.07. The molecule has 0 aliphatic carbocycles. The number of aromatic nitrogens is 1. The molecule has 0 radical (unpaired) electrons. The molecular weight excluding hydrogens is 349 g/mol. The van der Waals surface area contributed by atoms with Crippen LogP contribution < -0.4 is 11.5 Å². The molecule has 0 unspecified atom stereocenters. The fourth-order valence-electron chi connectivity index (χ4n) is 3.23. The van der Waals surface area contributed by atoms with Crippen LogP contribution in [0, 0.1) is 5.82 Å². The Morgan fingerprint density at radius 2 is 1.46 bits per heavy atom. The van der Waals surface area contributed by atoms with Crippen molar-refractivity contribution >= 4 is 5.69 Å². The summed E-state index contributed by atoms with van der Waals surface area (Å²) in [5.74, 6) is -0.302. The number of nitrogen functional groups attached to an aromatic ring is 1. The first kappa shape index (κ1) is 17.9. The van der Waals surface area contributed by atoms with E-state index in [-0.39, 0.29) is 5.82 Å². The molecule has 0 amide bonds. The van der Waals surface area contributed by atoms with Crippen LogP contribution in [0.1, 0.15) is 5.56 Å². The van der Waals surface area contributed by atoms with Crippen molar-refractivity contribution in [3.63, 3.8) is 0 Å². The molecule has 0 saturated carbocycles. The average molecular weight is 369 g/mol. The van der Waals surface area contributed by atoms with Crippen LogP contribution in [0.4, 0.5) is 10.1 Å². The smallest absolute Gasteiger partial charge is 0.123 e. The molecule has 3 nitrogen and oxygen atoms in total. The van der Waals surface area contributed by atoms with E-state index in [9.17, 15) is 4.39 Å². The molecule has 4 rings (SSSR count). The lowest BCUT2D eigenvalue weighted by molar-refractivity contribution is 0.628. The van der Waals surface area contributed by atoms with Gasteiger partial charge in [0.05, 0.1) is 17.1 Å². The quantitative estimate of drug-likeness (QED) is 0.515. The van der Waals surface area contributed by atoms with Gasteiger partial charge in [0.1, 0.15) is 5.82 Å². The second kappa shape index (κ2) is 7.62. The predicted molar refractivity (Wildman–Crippen MR) is 113 cm³/mol. The number of nitrogens with two attached hydrogens (primary N) is 2. The van der Waals surface area contributed by atoms with Crippen molar-refractivity contribution in [3.8, 4) is 33.6 Å². The molecule has 0 bridgehead atoms. The van der Waals surface area contributed by atoms with Gasteiger partial charge < -0.3 is 11.5 Å². The van der Waals surface area contributed by atoms with Crippen molar-refractivity contribution in [3.05, 3.63) is 96.3 Å². The predicted octanol–water partition coefficient (Wildman–Crippen LogP) is 5.26. The summed E-state index contributed by atoms with van der Waals surface area (Å²) in [6.07, 6.45) is 0. The van der Waals surface area contributed by atoms with E-state index in [1.807, 2.05) is 66.7 Å². The van der Waals surface area contributed by atoms with Gasteiger partial charge in [0.25, 0.3) is 0 Å². The number of pyridine rings is 1. The van der Waals surface area contributed by atoms with Crippen LogP contribution >= 0.6 is 0 Å². The molecule has 1 aromatic heterocycles. The standard InChI is InChI=1S/C24H20FN3/c25-20-8-4-7-19(13-20)21-14-22(17-5-2-1-3-6-17)28-24(23(21)27)18-11-9-16(15-26)10-12-18/h1-14H,15,26-27H2. The Kier molecular flexibility index (Phi) is 4.87. The molecule has 28 heavy (non-hydrogen) atoms. The highest BCUT2D eigenvalue weighted by Gasteiger charge is 2.15. The van der Waals surface area contributed by atoms with Crippen molar-refractivity contribution < 1.29 is 4.39 Å². The first-order valence-corrected chi connectivity index (χ1v) is 9.07. The third-order valence-corrected chi connectivity index (χ3v) is 4.73. The number of halogens is 1. The highest BCUT2D eigenvalue weighted by Crippen LogP contribution is 2.37. The minimum absolute atomic E-state index is 0.302. The number of anilines is 1. The second-order valence-electron chi connectivity index (χ2n) is 6.59. The first-order chi connectivity index (χ1) is 13.7. The van der Waals surface area contributed by atoms with Gasteiger partial charge in [-0.2, -0.15) is 0 Å². The van der Waals surface area contributed by atoms with E-state index in [0.717, 1.165) is 33.5 Å². The van der Waals surface area contributed by atoms with Gasteiger partial charge in [-0.15, -0.1) is 0 Å². The van der Waals surface area contributed by atoms with E-state index >= 15 is 0 Å². The Bertz CT molecular complexity index is 1110. The summed E-state index contributed by atoms with van der Waals surface area (Å²) in [5, 5.41) is 0. The fourth-order valence-corrected chi connectivity index (χ4v) is 3.23. The summed E-state index contributed by atoms with van der Waals surface area (Å²) in [6.45, 7) is 0.474. The molecule has 0 saturated heterocycles. The Morgan fingerprint density at radius 3 is 2.14 bits per heavy atom. The Labute approximate surface area is 163 Å². The van der Waals surface area contributed by atoms with E-state index < -0.39 is 0 Å². The summed E-state index contributed by atoms with van der Waals surface area (Å²) >= 11 is 0. The largest absolute Gasteiger partial charge is 0.396 e. The molecule has 3 aromatic carbocycles. The van der Waals surface area contributed by atoms with Gasteiger partial charge in [0.15, 0.2) is 0 Å². The monoisotopic (exact) mass is 369 g/mol. The van der Waals surface area contributed by atoms with Crippen molar-refractivity contribution in [2.75, 3.05) is 5.73 Å². The van der Waals surface area contributed by atoms with Crippen LogP contribution in [-0.2, 0) is 6.54 Å². The Morgan fingerprint density at radius 1 is 0.750 bits per heavy atom. The van der Waals surface area contributed by atoms with Gasteiger partial charge in [0, 0.05) is 23.2 Å². The third-order valence-electron chi connectivity index (χ3n) is 4.73. The minimum atomic E-state index is -0.302. The highest BCUT2D eigenvalue weighted by molar-refractivity contribution is 5.89. The normalized spacial score (nSPS) is 10.8. The Hall–Kier alpha value is -3.50. The maximum atomic E-state index is 13.8. The number of benzene rings is 3. The number of hydrogen-bond donors (Lipinski definition) is 2. The number of nitrogens with zero attached hydrogens (tertiary/aromatic N) is 1. The van der Waals surface area contributed by atoms with Crippen LogP contribution in [-0.4, -0.2) is 4.98 Å². The Balaban J connectivity index is 1.95. The molecule has 1 heterocycles. The van der Waals surface area contributed by atoms with Crippen molar-refractivity contribution in [2.45, 2.75) is 6.54 Å². The molecule has 0 spiro atoms. The van der Waals surface area contributed by atoms with E-state index in [1.165, 1.54) is 12.1 Å². The van der Waals surface area contributed by atoms with Crippen LogP contribution in [0.5, 0.6) is 0 Å². The third kappa shape index (κ3) is 3.50. The summed E-state index contributed by atoms with van der Waals surface area (Å²) in [6, 6.07) is 26.1. The summed E-state index contributed by atoms with van der Waals surface area (Å²) in [7, 11) is 0. The van der Waals surface area contributed by atoms with Crippen molar-refractivity contribution in [2.24, 2.45) is 5.73 Å². The van der Waals surface area contributed by atoms with Crippen LogP contribution in [0.15, 0.2) is 84.9 Å². The summed E-state index contributed by atoms with van der Waals surface area (Å²) in [4.78, 5) is 4.83. The summed E-state index contributed by atoms with van der Waals surface area (Å²) in [5.41, 5.74) is 18.6. The number of hydrogen-bond acceptors (Lipinski definition) is 3. The topological polar surface area (TPSA) is 64.9 Å². The molecule has 0 atom stereocenters. The average Bonchev–Trinajstić information content (AvgIpc) is 2.74. The maximum Gasteiger partial charge on any atom is 0.123 e. The number of rotatable bonds is 4. The van der Waals surface area contributed by atoms with Gasteiger partial charge in [-0.25, -0.2) is 9.37 Å². The molecule has 4 heteroatoms. The van der Waals surface area contributed by atoms with Crippen LogP contribution in [0.2, 0.25) is 0 Å². The summed E-state index contributed by atoms with van der Waals surface area (Å²) < 4.78 is 13.8. The van der Waals surface area contributed by atoms with E-state index in [2.05, 4.69) is 0 Å². The lowest BCUT2D eigenvalue weighted by atomic mass is 9.97. The SMILES string of the molecule is NCc1ccc(-c2nc(-c3ccccc3)cc(-c3cccc(F)c3)c2N)cc1. The van der Waals surface area contributed by atoms with Crippen molar-refractivity contribution in [1.29, 1.82) is 0 Å². The van der Waals surface area contributed by atoms with E-state index in [1.54, 1.807) is 6.07 Å². The molecule has 4 N–H and O–H groups in total. The molecule has 4 aromatic rings. The van der Waals surface area contributed by atoms with E-state index in [4.69, 9.17) is 16.5 Å². The van der Waals surface area contributed by atoms with Gasteiger partial charge >= 0.3 is 0 Å². The van der Waals surface area contributed by atoms with Gasteiger partial charge in [-0.1, -0.05) is 66.7 Å². The van der Waals surface area contributed by atoms with Gasteiger partial charge in [-0.05, 0) is 29.3 Å². The van der Waals surface area contributed by atoms with E-state index in [0.29, 0.717) is 17.9 Å².